The zero-order valence-electron chi connectivity index (χ0n) is 25.0. The molecule has 2 aromatic carbocycles. The minimum Gasteiger partial charge on any atom is -0.392 e. The Labute approximate surface area is 262 Å². The minimum absolute atomic E-state index is 0.0202. The van der Waals surface area contributed by atoms with Crippen LogP contribution < -0.4 is 0 Å². The average Bonchev–Trinajstić information content (AvgIpc) is 3.51. The summed E-state index contributed by atoms with van der Waals surface area (Å²) in [5, 5.41) is 31.8. The van der Waals surface area contributed by atoms with Crippen molar-refractivity contribution in [2.75, 3.05) is 6.61 Å². The van der Waals surface area contributed by atoms with E-state index in [1.807, 2.05) is 68.5 Å². The summed E-state index contributed by atoms with van der Waals surface area (Å²) in [7, 11) is 0. The number of allylic oxidation sites excluding steroid dienone is 4. The minimum atomic E-state index is -1.45. The van der Waals surface area contributed by atoms with E-state index in [1.54, 1.807) is 12.2 Å². The van der Waals surface area contributed by atoms with E-state index in [0.29, 0.717) is 25.7 Å². The number of aliphatic hydroxyl groups excluding tert-OH is 3. The zero-order valence-corrected chi connectivity index (χ0v) is 25.8. The predicted octanol–water partition coefficient (Wildman–Crippen LogP) is 4.73. The molecule has 4 fully saturated rings. The lowest BCUT2D eigenvalue weighted by Crippen LogP contribution is -2.69. The quantitative estimate of drug-likeness (QED) is 0.401. The van der Waals surface area contributed by atoms with E-state index in [-0.39, 0.29) is 30.6 Å². The van der Waals surface area contributed by atoms with Gasteiger partial charge in [-0.3, -0.25) is 9.59 Å². The Hall–Kier alpha value is -2.65. The summed E-state index contributed by atoms with van der Waals surface area (Å²) in [6, 6.07) is 15.7. The number of hydrogen-bond donors (Lipinski definition) is 3. The van der Waals surface area contributed by atoms with Gasteiger partial charge in [-0.05, 0) is 72.8 Å². The Morgan fingerprint density at radius 1 is 1.05 bits per heavy atom. The van der Waals surface area contributed by atoms with Crippen LogP contribution in [0.15, 0.2) is 72.3 Å². The molecule has 0 unspecified atom stereocenters. The van der Waals surface area contributed by atoms with Crippen LogP contribution >= 0.6 is 11.6 Å². The molecule has 5 aliphatic rings. The van der Waals surface area contributed by atoms with Crippen LogP contribution in [0.1, 0.15) is 68.1 Å². The molecule has 9 atom stereocenters. The van der Waals surface area contributed by atoms with Crippen LogP contribution in [0.5, 0.6) is 0 Å². The number of alkyl halides is 1. The van der Waals surface area contributed by atoms with Crippen molar-refractivity contribution in [3.63, 3.8) is 0 Å². The van der Waals surface area contributed by atoms with E-state index in [9.17, 15) is 24.9 Å². The Balaban J connectivity index is 1.22. The number of hydrogen-bond acceptors (Lipinski definition) is 7. The Morgan fingerprint density at radius 2 is 1.77 bits per heavy atom. The first-order valence-corrected chi connectivity index (χ1v) is 15.9. The van der Waals surface area contributed by atoms with Gasteiger partial charge in [-0.15, -0.1) is 11.6 Å². The molecule has 0 spiro atoms. The van der Waals surface area contributed by atoms with Gasteiger partial charge in [0.1, 0.15) is 6.61 Å². The van der Waals surface area contributed by atoms with Crippen molar-refractivity contribution in [3.05, 3.63) is 94.6 Å². The van der Waals surface area contributed by atoms with Crippen LogP contribution in [-0.2, 0) is 32.1 Å². The summed E-state index contributed by atoms with van der Waals surface area (Å²) in [5.41, 5.74) is 1.67. The monoisotopic (exact) mass is 618 g/mol. The van der Waals surface area contributed by atoms with Crippen molar-refractivity contribution in [2.24, 2.45) is 22.7 Å². The second kappa shape index (κ2) is 10.4. The number of ketones is 2. The van der Waals surface area contributed by atoms with Gasteiger partial charge in [-0.2, -0.15) is 0 Å². The van der Waals surface area contributed by atoms with E-state index in [1.165, 1.54) is 0 Å². The third kappa shape index (κ3) is 4.00. The van der Waals surface area contributed by atoms with Crippen molar-refractivity contribution in [3.8, 4) is 0 Å². The Bertz CT molecular complexity index is 1580. The number of rotatable bonds is 6. The van der Waals surface area contributed by atoms with Gasteiger partial charge in [0, 0.05) is 16.4 Å². The fraction of sp³-hybridized carbons (Fsp3) is 0.500. The third-order valence-corrected chi connectivity index (χ3v) is 12.7. The number of aliphatic hydroxyl groups is 3. The van der Waals surface area contributed by atoms with Crippen molar-refractivity contribution < 1.29 is 34.4 Å². The fourth-order valence-electron chi connectivity index (χ4n) is 9.64. The second-order valence-electron chi connectivity index (χ2n) is 13.8. The summed E-state index contributed by atoms with van der Waals surface area (Å²) in [5.74, 6) is -0.785. The highest BCUT2D eigenvalue weighted by Gasteiger charge is 2.78. The molecule has 4 aliphatic carbocycles. The molecule has 0 aromatic heterocycles. The van der Waals surface area contributed by atoms with Crippen LogP contribution in [0, 0.1) is 22.7 Å². The number of carbonyl (C=O) groups is 2. The maximum absolute atomic E-state index is 13.8. The molecule has 1 aliphatic heterocycles. The van der Waals surface area contributed by atoms with Crippen molar-refractivity contribution >= 4 is 23.2 Å². The first kappa shape index (κ1) is 30.0. The van der Waals surface area contributed by atoms with Gasteiger partial charge in [-0.1, -0.05) is 74.0 Å². The molecular formula is C36H39ClO7. The molecule has 3 N–H and O–H groups in total. The molecule has 0 bridgehead atoms. The number of ether oxygens (including phenoxy) is 2. The molecule has 7 nitrogen and oxygen atoms in total. The Morgan fingerprint density at radius 3 is 2.52 bits per heavy atom. The number of benzene rings is 2. The molecule has 2 aromatic rings. The van der Waals surface area contributed by atoms with E-state index in [4.69, 9.17) is 21.1 Å². The lowest BCUT2D eigenvalue weighted by atomic mass is 9.45. The predicted molar refractivity (Wildman–Crippen MR) is 164 cm³/mol. The van der Waals surface area contributed by atoms with Crippen LogP contribution in [0.3, 0.4) is 0 Å². The van der Waals surface area contributed by atoms with E-state index in [0.717, 1.165) is 27.8 Å². The number of fused-ring (bicyclic) bond motifs is 7. The van der Waals surface area contributed by atoms with Gasteiger partial charge in [0.15, 0.2) is 23.5 Å². The molecule has 0 radical (unpaired) electrons. The third-order valence-electron chi connectivity index (χ3n) is 11.7. The molecule has 0 amide bonds. The molecule has 1 heterocycles. The van der Waals surface area contributed by atoms with Gasteiger partial charge in [0.25, 0.3) is 0 Å². The first-order valence-electron chi connectivity index (χ1n) is 15.6. The summed E-state index contributed by atoms with van der Waals surface area (Å²) in [4.78, 5) is 25.0. The molecular weight excluding hydrogens is 580 g/mol. The van der Waals surface area contributed by atoms with Gasteiger partial charge in [0.05, 0.1) is 23.7 Å². The highest BCUT2D eigenvalue weighted by molar-refractivity contribution is 6.26. The summed E-state index contributed by atoms with van der Waals surface area (Å²) in [6.07, 6.45) is 5.34. The second-order valence-corrected chi connectivity index (χ2v) is 14.4. The fourth-order valence-corrected chi connectivity index (χ4v) is 10.2. The normalized spacial score (nSPS) is 40.5. The van der Waals surface area contributed by atoms with Gasteiger partial charge < -0.3 is 24.8 Å². The van der Waals surface area contributed by atoms with Crippen LogP contribution in [0.2, 0.25) is 0 Å². The molecule has 7 rings (SSSR count). The van der Waals surface area contributed by atoms with Crippen LogP contribution in [0.4, 0.5) is 0 Å². The molecule has 8 heteroatoms. The SMILES string of the molecule is C[C@]12C=CC(=O)C=C1CC[C@H]1[C@@H]3C[C@H]4O[C@@H](c5cccc(Cc6cccc(CO)c6)c5)O[C@@]4(C(=O)CO)[C@@]3(C)C[C@H](O)[C@@]12Cl. The Kier molecular flexibility index (Phi) is 7.13. The zero-order chi connectivity index (χ0) is 31.1. The van der Waals surface area contributed by atoms with Crippen molar-refractivity contribution in [2.45, 2.75) is 81.5 Å². The largest absolute Gasteiger partial charge is 0.392 e. The molecule has 44 heavy (non-hydrogen) atoms. The highest BCUT2D eigenvalue weighted by Crippen LogP contribution is 2.73. The standard InChI is InChI=1S/C36H39ClO7/c1-33-12-11-26(40)16-25(33)9-10-27-28-17-31-36(30(42)20-39,34(28,2)18-29(41)35(27,33)37)44-32(43-31)24-8-4-6-22(15-24)13-21-5-3-7-23(14-21)19-38/h3-8,11-12,14-16,27-29,31-32,38-39,41H,9-10,13,17-20H2,1-2H3/t27-,28-,29-,31+,32+,33-,34-,35-,36+/m0/s1. The van der Waals surface area contributed by atoms with E-state index < -0.39 is 52.2 Å². The lowest BCUT2D eigenvalue weighted by Gasteiger charge is -2.64. The van der Waals surface area contributed by atoms with Gasteiger partial charge in [0.2, 0.25) is 0 Å². The van der Waals surface area contributed by atoms with Crippen LogP contribution in [-0.4, -0.2) is 56.2 Å². The maximum Gasteiger partial charge on any atom is 0.193 e. The van der Waals surface area contributed by atoms with Gasteiger partial charge in [-0.25, -0.2) is 0 Å². The maximum atomic E-state index is 13.8. The average molecular weight is 619 g/mol. The smallest absolute Gasteiger partial charge is 0.193 e. The highest BCUT2D eigenvalue weighted by atomic mass is 35.5. The van der Waals surface area contributed by atoms with Crippen LogP contribution in [0.25, 0.3) is 0 Å². The van der Waals surface area contributed by atoms with E-state index >= 15 is 0 Å². The van der Waals surface area contributed by atoms with E-state index in [2.05, 4.69) is 0 Å². The number of carbonyl (C=O) groups excluding carboxylic acids is 2. The number of Topliss-reactive ketones (excluding diaryl/α,β-unsaturated/α-hetero) is 1. The summed E-state index contributed by atoms with van der Waals surface area (Å²) in [6.45, 7) is 3.29. The van der Waals surface area contributed by atoms with Crippen molar-refractivity contribution in [1.29, 1.82) is 0 Å². The molecule has 1 saturated heterocycles. The topological polar surface area (TPSA) is 113 Å². The first-order chi connectivity index (χ1) is 21.0. The van der Waals surface area contributed by atoms with Crippen molar-refractivity contribution in [1.82, 2.24) is 0 Å². The number of halogens is 1. The summed E-state index contributed by atoms with van der Waals surface area (Å²) >= 11 is 7.58. The van der Waals surface area contributed by atoms with Gasteiger partial charge >= 0.3 is 0 Å². The molecule has 3 saturated carbocycles. The molecule has 232 valence electrons. The summed E-state index contributed by atoms with van der Waals surface area (Å²) < 4.78 is 13.4. The lowest BCUT2D eigenvalue weighted by molar-refractivity contribution is -0.197.